The monoisotopic (exact) mass is 290 g/mol. The van der Waals surface area contributed by atoms with Crippen LogP contribution in [0.1, 0.15) is 49.4 Å². The minimum absolute atomic E-state index is 0.0522. The molecule has 1 atom stereocenters. The molecule has 0 aromatic heterocycles. The second-order valence-corrected chi connectivity index (χ2v) is 7.23. The Morgan fingerprint density at radius 1 is 1.35 bits per heavy atom. The van der Waals surface area contributed by atoms with Gasteiger partial charge in [0.05, 0.1) is 5.60 Å². The molecule has 0 bridgehead atoms. The van der Waals surface area contributed by atoms with E-state index >= 15 is 0 Å². The van der Waals surface area contributed by atoms with Crippen molar-refractivity contribution >= 4 is 17.5 Å². The summed E-state index contributed by atoms with van der Waals surface area (Å²) in [6.45, 7) is 2.89. The predicted octanol–water partition coefficient (Wildman–Crippen LogP) is 4.33. The first-order valence-corrected chi connectivity index (χ1v) is 8.62. The summed E-state index contributed by atoms with van der Waals surface area (Å²) >= 11 is 1.81. The van der Waals surface area contributed by atoms with Crippen molar-refractivity contribution in [2.45, 2.75) is 49.5 Å². The van der Waals surface area contributed by atoms with E-state index in [4.69, 9.17) is 4.74 Å². The van der Waals surface area contributed by atoms with Gasteiger partial charge in [0.1, 0.15) is 0 Å². The third-order valence-corrected chi connectivity index (χ3v) is 5.47. The lowest BCUT2D eigenvalue weighted by Gasteiger charge is -2.46. The molecule has 1 aromatic carbocycles. The first-order chi connectivity index (χ1) is 9.72. The zero-order chi connectivity index (χ0) is 14.0. The molecule has 1 heterocycles. The molecular formula is C17H22O2S. The SMILES string of the molecule is CCSc1ccc(C(=O)C2CCOC3(CCC3)C2)cc1. The van der Waals surface area contributed by atoms with E-state index in [-0.39, 0.29) is 11.5 Å². The van der Waals surface area contributed by atoms with Crippen molar-refractivity contribution in [1.82, 2.24) is 0 Å². The fourth-order valence-corrected chi connectivity index (χ4v) is 3.95. The fourth-order valence-electron chi connectivity index (χ4n) is 3.29. The number of thioether (sulfide) groups is 1. The number of ketones is 1. The highest BCUT2D eigenvalue weighted by Gasteiger charge is 2.44. The lowest BCUT2D eigenvalue weighted by molar-refractivity contribution is -0.137. The van der Waals surface area contributed by atoms with Crippen LogP contribution in [0.15, 0.2) is 29.2 Å². The van der Waals surface area contributed by atoms with Gasteiger partial charge in [0.15, 0.2) is 5.78 Å². The Bertz CT molecular complexity index is 476. The largest absolute Gasteiger partial charge is 0.375 e. The summed E-state index contributed by atoms with van der Waals surface area (Å²) in [6.07, 6.45) is 5.35. The lowest BCUT2D eigenvalue weighted by Crippen LogP contribution is -2.47. The van der Waals surface area contributed by atoms with E-state index in [9.17, 15) is 4.79 Å². The topological polar surface area (TPSA) is 26.3 Å². The molecule has 2 fully saturated rings. The first-order valence-electron chi connectivity index (χ1n) is 7.63. The van der Waals surface area contributed by atoms with Gasteiger partial charge in [-0.1, -0.05) is 19.1 Å². The van der Waals surface area contributed by atoms with E-state index in [1.807, 2.05) is 23.9 Å². The molecular weight excluding hydrogens is 268 g/mol. The molecule has 1 spiro atoms. The second kappa shape index (κ2) is 5.90. The van der Waals surface area contributed by atoms with Crippen molar-refractivity contribution in [3.8, 4) is 0 Å². The maximum Gasteiger partial charge on any atom is 0.166 e. The molecule has 1 aliphatic heterocycles. The molecule has 3 heteroatoms. The first kappa shape index (κ1) is 14.2. The Balaban J connectivity index is 1.68. The third kappa shape index (κ3) is 2.79. The molecule has 0 amide bonds. The maximum atomic E-state index is 12.6. The maximum absolute atomic E-state index is 12.6. The van der Waals surface area contributed by atoms with Crippen molar-refractivity contribution < 1.29 is 9.53 Å². The van der Waals surface area contributed by atoms with E-state index in [0.29, 0.717) is 5.78 Å². The van der Waals surface area contributed by atoms with Gasteiger partial charge >= 0.3 is 0 Å². The summed E-state index contributed by atoms with van der Waals surface area (Å²) in [6, 6.07) is 8.12. The summed E-state index contributed by atoms with van der Waals surface area (Å²) in [5.41, 5.74) is 0.920. The van der Waals surface area contributed by atoms with Crippen molar-refractivity contribution in [1.29, 1.82) is 0 Å². The zero-order valence-corrected chi connectivity index (χ0v) is 12.9. The molecule has 0 N–H and O–H groups in total. The van der Waals surface area contributed by atoms with Crippen molar-refractivity contribution in [3.05, 3.63) is 29.8 Å². The van der Waals surface area contributed by atoms with Crippen LogP contribution < -0.4 is 0 Å². The van der Waals surface area contributed by atoms with E-state index < -0.39 is 0 Å². The van der Waals surface area contributed by atoms with Crippen LogP contribution in [0.25, 0.3) is 0 Å². The summed E-state index contributed by atoms with van der Waals surface area (Å²) in [4.78, 5) is 13.9. The van der Waals surface area contributed by atoms with Crippen LogP contribution in [0.2, 0.25) is 0 Å². The van der Waals surface area contributed by atoms with Crippen molar-refractivity contribution in [2.24, 2.45) is 5.92 Å². The average Bonchev–Trinajstić information content (AvgIpc) is 2.46. The van der Waals surface area contributed by atoms with Gasteiger partial charge in [-0.05, 0) is 50.0 Å². The standard InChI is InChI=1S/C17H22O2S/c1-2-20-15-6-4-13(5-7-15)16(18)14-8-11-19-17(12-14)9-3-10-17/h4-7,14H,2-3,8-12H2,1H3. The molecule has 1 saturated carbocycles. The lowest BCUT2D eigenvalue weighted by atomic mass is 9.70. The number of carbonyl (C=O) groups is 1. The molecule has 3 rings (SSSR count). The molecule has 0 radical (unpaired) electrons. The predicted molar refractivity (Wildman–Crippen MR) is 82.4 cm³/mol. The second-order valence-electron chi connectivity index (χ2n) is 5.90. The molecule has 108 valence electrons. The van der Waals surface area contributed by atoms with Crippen LogP contribution in [-0.2, 0) is 4.74 Å². The van der Waals surface area contributed by atoms with Crippen LogP contribution >= 0.6 is 11.8 Å². The fraction of sp³-hybridized carbons (Fsp3) is 0.588. The number of ether oxygens (including phenoxy) is 1. The molecule has 2 nitrogen and oxygen atoms in total. The van der Waals surface area contributed by atoms with Gasteiger partial charge in [0.2, 0.25) is 0 Å². The van der Waals surface area contributed by atoms with E-state index in [2.05, 4.69) is 19.1 Å². The average molecular weight is 290 g/mol. The quantitative estimate of drug-likeness (QED) is 0.610. The Morgan fingerprint density at radius 3 is 2.70 bits per heavy atom. The summed E-state index contributed by atoms with van der Waals surface area (Å²) < 4.78 is 5.91. The molecule has 1 aliphatic carbocycles. The molecule has 2 aliphatic rings. The van der Waals surface area contributed by atoms with Crippen LogP contribution in [0.3, 0.4) is 0 Å². The smallest absolute Gasteiger partial charge is 0.166 e. The Hall–Kier alpha value is -0.800. The van der Waals surface area contributed by atoms with E-state index in [0.717, 1.165) is 43.6 Å². The number of hydrogen-bond donors (Lipinski definition) is 0. The molecule has 1 saturated heterocycles. The Morgan fingerprint density at radius 2 is 2.10 bits per heavy atom. The third-order valence-electron chi connectivity index (χ3n) is 4.58. The van der Waals surface area contributed by atoms with Gasteiger partial charge in [-0.3, -0.25) is 4.79 Å². The van der Waals surface area contributed by atoms with Crippen LogP contribution in [0.5, 0.6) is 0 Å². The highest BCUT2D eigenvalue weighted by atomic mass is 32.2. The highest BCUT2D eigenvalue weighted by molar-refractivity contribution is 7.99. The van der Waals surface area contributed by atoms with Gasteiger partial charge in [-0.25, -0.2) is 0 Å². The Kier molecular flexibility index (Phi) is 4.18. The van der Waals surface area contributed by atoms with Gasteiger partial charge in [0, 0.05) is 23.0 Å². The number of hydrogen-bond acceptors (Lipinski definition) is 3. The number of Topliss-reactive ketones (excluding diaryl/α,β-unsaturated/α-hetero) is 1. The minimum Gasteiger partial charge on any atom is -0.375 e. The molecule has 1 aromatic rings. The van der Waals surface area contributed by atoms with Gasteiger partial charge in [-0.2, -0.15) is 0 Å². The van der Waals surface area contributed by atoms with Gasteiger partial charge in [0.25, 0.3) is 0 Å². The number of benzene rings is 1. The summed E-state index contributed by atoms with van der Waals surface area (Å²) in [5, 5.41) is 0. The van der Waals surface area contributed by atoms with E-state index in [1.54, 1.807) is 0 Å². The van der Waals surface area contributed by atoms with Crippen LogP contribution in [0, 0.1) is 5.92 Å². The molecule has 20 heavy (non-hydrogen) atoms. The van der Waals surface area contributed by atoms with Crippen molar-refractivity contribution in [2.75, 3.05) is 12.4 Å². The summed E-state index contributed by atoms with van der Waals surface area (Å²) in [7, 11) is 0. The van der Waals surface area contributed by atoms with Gasteiger partial charge in [-0.15, -0.1) is 11.8 Å². The van der Waals surface area contributed by atoms with Gasteiger partial charge < -0.3 is 4.74 Å². The molecule has 1 unspecified atom stereocenters. The normalized spacial score (nSPS) is 24.4. The van der Waals surface area contributed by atoms with Crippen LogP contribution in [-0.4, -0.2) is 23.7 Å². The zero-order valence-electron chi connectivity index (χ0n) is 12.1. The number of carbonyl (C=O) groups excluding carboxylic acids is 1. The summed E-state index contributed by atoms with van der Waals surface area (Å²) in [5.74, 6) is 1.54. The van der Waals surface area contributed by atoms with Crippen molar-refractivity contribution in [3.63, 3.8) is 0 Å². The minimum atomic E-state index is 0.0522. The van der Waals surface area contributed by atoms with Crippen LogP contribution in [0.4, 0.5) is 0 Å². The van der Waals surface area contributed by atoms with E-state index in [1.165, 1.54) is 11.3 Å². The number of rotatable bonds is 4. The highest BCUT2D eigenvalue weighted by Crippen LogP contribution is 2.44. The Labute approximate surface area is 125 Å².